The molecule has 4 heteroatoms. The van der Waals surface area contributed by atoms with Crippen molar-refractivity contribution in [2.24, 2.45) is 5.73 Å². The Hall–Kier alpha value is -1.32. The highest BCUT2D eigenvalue weighted by Gasteiger charge is 2.03. The lowest BCUT2D eigenvalue weighted by atomic mass is 10.1. The van der Waals surface area contributed by atoms with Crippen LogP contribution in [0.25, 0.3) is 0 Å². The van der Waals surface area contributed by atoms with Crippen molar-refractivity contribution >= 4 is 11.6 Å². The molecular formula is C11H12ClN3. The van der Waals surface area contributed by atoms with Gasteiger partial charge in [0.15, 0.2) is 0 Å². The minimum absolute atomic E-state index is 0.457. The molecule has 2 aromatic rings. The third-order valence-corrected chi connectivity index (χ3v) is 2.60. The number of H-pyrrole nitrogens is 1. The van der Waals surface area contributed by atoms with Crippen LogP contribution in [0.4, 0.5) is 0 Å². The Labute approximate surface area is 93.3 Å². The normalized spacial score (nSPS) is 10.5. The minimum atomic E-state index is 0.457. The van der Waals surface area contributed by atoms with E-state index in [0.29, 0.717) is 6.54 Å². The van der Waals surface area contributed by atoms with E-state index in [2.05, 4.69) is 10.2 Å². The molecule has 0 bridgehead atoms. The lowest BCUT2D eigenvalue weighted by molar-refractivity contribution is 0.928. The Balaban J connectivity index is 2.18. The van der Waals surface area contributed by atoms with Crippen LogP contribution in [0.3, 0.4) is 0 Å². The molecule has 3 nitrogen and oxygen atoms in total. The lowest BCUT2D eigenvalue weighted by Gasteiger charge is -2.00. The molecule has 0 amide bonds. The van der Waals surface area contributed by atoms with Gasteiger partial charge < -0.3 is 5.73 Å². The average Bonchev–Trinajstić information content (AvgIpc) is 2.69. The fourth-order valence-corrected chi connectivity index (χ4v) is 1.65. The van der Waals surface area contributed by atoms with Crippen LogP contribution in [0, 0.1) is 0 Å². The predicted octanol–water partition coefficient (Wildman–Crippen LogP) is 2.11. The van der Waals surface area contributed by atoms with E-state index in [1.54, 1.807) is 0 Å². The minimum Gasteiger partial charge on any atom is -0.325 e. The zero-order valence-electron chi connectivity index (χ0n) is 8.20. The van der Waals surface area contributed by atoms with Gasteiger partial charge in [0.05, 0.1) is 5.69 Å². The first-order chi connectivity index (χ1) is 7.29. The monoisotopic (exact) mass is 221 g/mol. The van der Waals surface area contributed by atoms with Crippen molar-refractivity contribution in [2.45, 2.75) is 13.0 Å². The van der Waals surface area contributed by atoms with Gasteiger partial charge >= 0.3 is 0 Å². The average molecular weight is 222 g/mol. The van der Waals surface area contributed by atoms with Gasteiger partial charge in [-0.05, 0) is 17.7 Å². The first kappa shape index (κ1) is 10.2. The third kappa shape index (κ3) is 2.37. The number of rotatable bonds is 3. The van der Waals surface area contributed by atoms with Crippen molar-refractivity contribution in [1.82, 2.24) is 10.2 Å². The summed E-state index contributed by atoms with van der Waals surface area (Å²) in [5, 5.41) is 7.79. The highest BCUT2D eigenvalue weighted by Crippen LogP contribution is 2.18. The van der Waals surface area contributed by atoms with Crippen LogP contribution < -0.4 is 5.73 Å². The first-order valence-corrected chi connectivity index (χ1v) is 5.14. The van der Waals surface area contributed by atoms with Crippen LogP contribution in [-0.4, -0.2) is 10.2 Å². The second-order valence-corrected chi connectivity index (χ2v) is 3.76. The molecule has 78 valence electrons. The first-order valence-electron chi connectivity index (χ1n) is 4.76. The third-order valence-electron chi connectivity index (χ3n) is 2.23. The van der Waals surface area contributed by atoms with Gasteiger partial charge in [0.2, 0.25) is 0 Å². The Morgan fingerprint density at radius 1 is 1.33 bits per heavy atom. The standard InChI is InChI=1S/C11H12ClN3/c12-11-4-2-1-3-8(11)5-9-6-10(7-13)15-14-9/h1-4,6H,5,7,13H2,(H,14,15). The van der Waals surface area contributed by atoms with Crippen molar-refractivity contribution in [2.75, 3.05) is 0 Å². The summed E-state index contributed by atoms with van der Waals surface area (Å²) < 4.78 is 0. The number of aromatic nitrogens is 2. The molecule has 0 aliphatic rings. The number of hydrogen-bond donors (Lipinski definition) is 2. The Bertz CT molecular complexity index is 451. The van der Waals surface area contributed by atoms with Crippen molar-refractivity contribution in [3.8, 4) is 0 Å². The highest BCUT2D eigenvalue weighted by molar-refractivity contribution is 6.31. The van der Waals surface area contributed by atoms with E-state index >= 15 is 0 Å². The number of benzene rings is 1. The van der Waals surface area contributed by atoms with E-state index in [0.717, 1.165) is 28.4 Å². The fourth-order valence-electron chi connectivity index (χ4n) is 1.45. The van der Waals surface area contributed by atoms with Crippen molar-refractivity contribution < 1.29 is 0 Å². The van der Waals surface area contributed by atoms with Gasteiger partial charge in [-0.2, -0.15) is 5.10 Å². The zero-order chi connectivity index (χ0) is 10.7. The lowest BCUT2D eigenvalue weighted by Crippen LogP contribution is -1.95. The van der Waals surface area contributed by atoms with E-state index in [1.807, 2.05) is 30.3 Å². The molecule has 1 aromatic heterocycles. The van der Waals surface area contributed by atoms with Crippen LogP contribution in [0.15, 0.2) is 30.3 Å². The molecule has 1 heterocycles. The number of nitrogens with two attached hydrogens (primary N) is 1. The van der Waals surface area contributed by atoms with Gasteiger partial charge in [-0.1, -0.05) is 29.8 Å². The maximum absolute atomic E-state index is 6.06. The highest BCUT2D eigenvalue weighted by atomic mass is 35.5. The fraction of sp³-hybridized carbons (Fsp3) is 0.182. The molecule has 1 aromatic carbocycles. The smallest absolute Gasteiger partial charge is 0.0760 e. The molecule has 0 fully saturated rings. The quantitative estimate of drug-likeness (QED) is 0.834. The van der Waals surface area contributed by atoms with E-state index in [4.69, 9.17) is 17.3 Å². The largest absolute Gasteiger partial charge is 0.325 e. The van der Waals surface area contributed by atoms with Crippen LogP contribution in [0.1, 0.15) is 17.0 Å². The number of halogens is 1. The van der Waals surface area contributed by atoms with Crippen molar-refractivity contribution in [3.63, 3.8) is 0 Å². The van der Waals surface area contributed by atoms with Gasteiger partial charge in [-0.25, -0.2) is 0 Å². The summed E-state index contributed by atoms with van der Waals surface area (Å²) in [4.78, 5) is 0. The van der Waals surface area contributed by atoms with E-state index in [-0.39, 0.29) is 0 Å². The summed E-state index contributed by atoms with van der Waals surface area (Å²) in [5.41, 5.74) is 8.47. The van der Waals surface area contributed by atoms with E-state index in [9.17, 15) is 0 Å². The van der Waals surface area contributed by atoms with Crippen LogP contribution in [-0.2, 0) is 13.0 Å². The molecule has 0 saturated carbocycles. The molecule has 15 heavy (non-hydrogen) atoms. The maximum atomic E-state index is 6.06. The second kappa shape index (κ2) is 4.47. The SMILES string of the molecule is NCc1cc(Cc2ccccc2Cl)[nH]n1. The van der Waals surface area contributed by atoms with Crippen molar-refractivity contribution in [1.29, 1.82) is 0 Å². The molecule has 0 aliphatic carbocycles. The van der Waals surface area contributed by atoms with Crippen LogP contribution in [0.2, 0.25) is 5.02 Å². The van der Waals surface area contributed by atoms with Gasteiger partial charge in [-0.3, -0.25) is 5.10 Å². The summed E-state index contributed by atoms with van der Waals surface area (Å²) in [6, 6.07) is 9.75. The number of aromatic amines is 1. The van der Waals surface area contributed by atoms with Gasteiger partial charge in [0, 0.05) is 23.7 Å². The predicted molar refractivity (Wildman–Crippen MR) is 60.7 cm³/mol. The van der Waals surface area contributed by atoms with E-state index < -0.39 is 0 Å². The molecule has 3 N–H and O–H groups in total. The molecule has 0 unspecified atom stereocenters. The molecule has 0 spiro atoms. The molecule has 2 rings (SSSR count). The Kier molecular flexibility index (Phi) is 3.04. The summed E-state index contributed by atoms with van der Waals surface area (Å²) in [5.74, 6) is 0. The Morgan fingerprint density at radius 2 is 2.13 bits per heavy atom. The second-order valence-electron chi connectivity index (χ2n) is 3.36. The number of nitrogens with zero attached hydrogens (tertiary/aromatic N) is 1. The zero-order valence-corrected chi connectivity index (χ0v) is 8.96. The summed E-state index contributed by atoms with van der Waals surface area (Å²) in [6.07, 6.45) is 0.757. The van der Waals surface area contributed by atoms with Crippen LogP contribution in [0.5, 0.6) is 0 Å². The molecule has 0 radical (unpaired) electrons. The molecule has 0 atom stereocenters. The van der Waals surface area contributed by atoms with Crippen molar-refractivity contribution in [3.05, 3.63) is 52.3 Å². The van der Waals surface area contributed by atoms with Gasteiger partial charge in [0.25, 0.3) is 0 Å². The number of hydrogen-bond acceptors (Lipinski definition) is 2. The Morgan fingerprint density at radius 3 is 2.80 bits per heavy atom. The molecule has 0 aliphatic heterocycles. The number of nitrogens with one attached hydrogen (secondary N) is 1. The summed E-state index contributed by atoms with van der Waals surface area (Å²) in [6.45, 7) is 0.457. The van der Waals surface area contributed by atoms with E-state index in [1.165, 1.54) is 0 Å². The molecular weight excluding hydrogens is 210 g/mol. The van der Waals surface area contributed by atoms with Gasteiger partial charge in [-0.15, -0.1) is 0 Å². The molecule has 0 saturated heterocycles. The topological polar surface area (TPSA) is 54.7 Å². The van der Waals surface area contributed by atoms with Gasteiger partial charge in [0.1, 0.15) is 0 Å². The summed E-state index contributed by atoms with van der Waals surface area (Å²) in [7, 11) is 0. The maximum Gasteiger partial charge on any atom is 0.0760 e. The summed E-state index contributed by atoms with van der Waals surface area (Å²) >= 11 is 6.06. The van der Waals surface area contributed by atoms with Crippen LogP contribution >= 0.6 is 11.6 Å².